The van der Waals surface area contributed by atoms with Crippen LogP contribution in [-0.2, 0) is 4.79 Å². The molecule has 0 bridgehead atoms. The first-order valence-corrected chi connectivity index (χ1v) is 6.90. The molecule has 2 unspecified atom stereocenters. The zero-order valence-electron chi connectivity index (χ0n) is 12.1. The molecule has 0 aromatic heterocycles. The number of nitrogens with one attached hydrogen (secondary N) is 3. The van der Waals surface area contributed by atoms with E-state index in [1.54, 1.807) is 25.2 Å². The van der Waals surface area contributed by atoms with Gasteiger partial charge in [0.1, 0.15) is 0 Å². The Bertz CT molecular complexity index is 528. The van der Waals surface area contributed by atoms with Crippen LogP contribution in [0, 0.1) is 12.8 Å². The third-order valence-electron chi connectivity index (χ3n) is 3.84. The molecule has 0 radical (unpaired) electrons. The summed E-state index contributed by atoms with van der Waals surface area (Å²) in [7, 11) is 1.60. The van der Waals surface area contributed by atoms with E-state index in [4.69, 9.17) is 0 Å². The Morgan fingerprint density at radius 1 is 1.35 bits per heavy atom. The van der Waals surface area contributed by atoms with Crippen molar-refractivity contribution in [1.82, 2.24) is 10.6 Å². The lowest BCUT2D eigenvalue weighted by molar-refractivity contribution is -0.120. The number of anilines is 1. The third-order valence-corrected chi connectivity index (χ3v) is 3.84. The van der Waals surface area contributed by atoms with Crippen LogP contribution in [0.5, 0.6) is 0 Å². The minimum Gasteiger partial charge on any atom is -0.355 e. The van der Waals surface area contributed by atoms with E-state index in [1.165, 1.54) is 0 Å². The van der Waals surface area contributed by atoms with Crippen molar-refractivity contribution >= 4 is 17.5 Å². The predicted octanol–water partition coefficient (Wildman–Crippen LogP) is 1.29. The summed E-state index contributed by atoms with van der Waals surface area (Å²) in [5.41, 5.74) is 2.25. The van der Waals surface area contributed by atoms with Crippen molar-refractivity contribution in [3.8, 4) is 0 Å². The highest BCUT2D eigenvalue weighted by Gasteiger charge is 2.29. The second-order valence-corrected chi connectivity index (χ2v) is 5.24. The molecule has 1 saturated heterocycles. The molecule has 2 rings (SSSR count). The SMILES string of the molecule is CNC(=O)c1ccc(NC(=O)C2CCNC2C)c(C)c1. The summed E-state index contributed by atoms with van der Waals surface area (Å²) < 4.78 is 0. The maximum absolute atomic E-state index is 12.2. The van der Waals surface area contributed by atoms with Gasteiger partial charge in [0.05, 0.1) is 5.92 Å². The van der Waals surface area contributed by atoms with Crippen LogP contribution in [0.1, 0.15) is 29.3 Å². The highest BCUT2D eigenvalue weighted by atomic mass is 16.2. The molecule has 5 nitrogen and oxygen atoms in total. The largest absolute Gasteiger partial charge is 0.355 e. The van der Waals surface area contributed by atoms with Crippen LogP contribution in [0.15, 0.2) is 18.2 Å². The van der Waals surface area contributed by atoms with Crippen molar-refractivity contribution in [2.75, 3.05) is 18.9 Å². The molecule has 20 heavy (non-hydrogen) atoms. The van der Waals surface area contributed by atoms with Crippen LogP contribution in [0.4, 0.5) is 5.69 Å². The second-order valence-electron chi connectivity index (χ2n) is 5.24. The fourth-order valence-electron chi connectivity index (χ4n) is 2.53. The molecule has 1 fully saturated rings. The molecule has 1 aliphatic heterocycles. The average Bonchev–Trinajstić information content (AvgIpc) is 2.86. The fraction of sp³-hybridized carbons (Fsp3) is 0.467. The summed E-state index contributed by atoms with van der Waals surface area (Å²) in [5.74, 6) is -0.0779. The molecule has 1 aromatic rings. The van der Waals surface area contributed by atoms with E-state index in [-0.39, 0.29) is 23.8 Å². The summed E-state index contributed by atoms with van der Waals surface area (Å²) in [5, 5.41) is 8.81. The molecular weight excluding hydrogens is 254 g/mol. The standard InChI is InChI=1S/C15H21N3O2/c1-9-8-11(14(19)16-3)4-5-13(9)18-15(20)12-6-7-17-10(12)2/h4-5,8,10,12,17H,6-7H2,1-3H3,(H,16,19)(H,18,20). The van der Waals surface area contributed by atoms with Gasteiger partial charge >= 0.3 is 0 Å². The summed E-state index contributed by atoms with van der Waals surface area (Å²) in [6.45, 7) is 4.80. The quantitative estimate of drug-likeness (QED) is 0.778. The van der Waals surface area contributed by atoms with Gasteiger partial charge < -0.3 is 16.0 Å². The lowest BCUT2D eigenvalue weighted by atomic mass is 10.0. The van der Waals surface area contributed by atoms with Gasteiger partial charge in [-0.25, -0.2) is 0 Å². The molecule has 0 aliphatic carbocycles. The number of hydrogen-bond acceptors (Lipinski definition) is 3. The van der Waals surface area contributed by atoms with Gasteiger partial charge in [0.15, 0.2) is 0 Å². The van der Waals surface area contributed by atoms with Gasteiger partial charge in [-0.1, -0.05) is 0 Å². The summed E-state index contributed by atoms with van der Waals surface area (Å²) in [4.78, 5) is 23.8. The molecule has 5 heteroatoms. The van der Waals surface area contributed by atoms with E-state index >= 15 is 0 Å². The van der Waals surface area contributed by atoms with Gasteiger partial charge in [-0.15, -0.1) is 0 Å². The molecule has 2 atom stereocenters. The first kappa shape index (κ1) is 14.5. The number of benzene rings is 1. The molecule has 1 aromatic carbocycles. The summed E-state index contributed by atoms with van der Waals surface area (Å²) in [6, 6.07) is 5.49. The zero-order chi connectivity index (χ0) is 14.7. The van der Waals surface area contributed by atoms with Gasteiger partial charge in [-0.05, 0) is 50.6 Å². The van der Waals surface area contributed by atoms with Crippen molar-refractivity contribution < 1.29 is 9.59 Å². The monoisotopic (exact) mass is 275 g/mol. The molecule has 2 amide bonds. The molecular formula is C15H21N3O2. The maximum atomic E-state index is 12.2. The van der Waals surface area contributed by atoms with Crippen molar-refractivity contribution in [3.05, 3.63) is 29.3 Å². The maximum Gasteiger partial charge on any atom is 0.251 e. The number of rotatable bonds is 3. The summed E-state index contributed by atoms with van der Waals surface area (Å²) >= 11 is 0. The lowest BCUT2D eigenvalue weighted by Crippen LogP contribution is -2.32. The Balaban J connectivity index is 2.10. The first-order chi connectivity index (χ1) is 9.52. The Kier molecular flexibility index (Phi) is 4.39. The van der Waals surface area contributed by atoms with E-state index in [1.807, 2.05) is 13.8 Å². The third kappa shape index (κ3) is 2.99. The van der Waals surface area contributed by atoms with Crippen LogP contribution < -0.4 is 16.0 Å². The minimum atomic E-state index is -0.125. The van der Waals surface area contributed by atoms with E-state index in [9.17, 15) is 9.59 Å². The van der Waals surface area contributed by atoms with Crippen LogP contribution in [0.2, 0.25) is 0 Å². The molecule has 0 saturated carbocycles. The predicted molar refractivity (Wildman–Crippen MR) is 78.8 cm³/mol. The highest BCUT2D eigenvalue weighted by Crippen LogP contribution is 2.21. The van der Waals surface area contributed by atoms with Crippen LogP contribution >= 0.6 is 0 Å². The topological polar surface area (TPSA) is 70.2 Å². The Labute approximate surface area is 119 Å². The molecule has 1 aliphatic rings. The number of aryl methyl sites for hydroxylation is 1. The van der Waals surface area contributed by atoms with E-state index in [0.717, 1.165) is 24.2 Å². The fourth-order valence-corrected chi connectivity index (χ4v) is 2.53. The molecule has 0 spiro atoms. The number of carbonyl (C=O) groups is 2. The van der Waals surface area contributed by atoms with Crippen molar-refractivity contribution in [2.24, 2.45) is 5.92 Å². The molecule has 1 heterocycles. The summed E-state index contributed by atoms with van der Waals surface area (Å²) in [6.07, 6.45) is 0.863. The van der Waals surface area contributed by atoms with Gasteiger partial charge in [0.2, 0.25) is 5.91 Å². The van der Waals surface area contributed by atoms with Gasteiger partial charge in [0, 0.05) is 24.3 Å². The van der Waals surface area contributed by atoms with Gasteiger partial charge in [0.25, 0.3) is 5.91 Å². The average molecular weight is 275 g/mol. The van der Waals surface area contributed by atoms with Crippen molar-refractivity contribution in [3.63, 3.8) is 0 Å². The minimum absolute atomic E-state index is 0.00742. The molecule has 108 valence electrons. The number of hydrogen-bond donors (Lipinski definition) is 3. The Morgan fingerprint density at radius 3 is 2.65 bits per heavy atom. The lowest BCUT2D eigenvalue weighted by Gasteiger charge is -2.16. The second kappa shape index (κ2) is 6.05. The number of carbonyl (C=O) groups excluding carboxylic acids is 2. The van der Waals surface area contributed by atoms with Crippen molar-refractivity contribution in [1.29, 1.82) is 0 Å². The van der Waals surface area contributed by atoms with E-state index < -0.39 is 0 Å². The van der Waals surface area contributed by atoms with Crippen LogP contribution in [-0.4, -0.2) is 31.4 Å². The van der Waals surface area contributed by atoms with Gasteiger partial charge in [-0.3, -0.25) is 9.59 Å². The smallest absolute Gasteiger partial charge is 0.251 e. The Hall–Kier alpha value is -1.88. The van der Waals surface area contributed by atoms with Crippen LogP contribution in [0.3, 0.4) is 0 Å². The molecule has 3 N–H and O–H groups in total. The van der Waals surface area contributed by atoms with Crippen molar-refractivity contribution in [2.45, 2.75) is 26.3 Å². The Morgan fingerprint density at radius 2 is 2.10 bits per heavy atom. The van der Waals surface area contributed by atoms with Gasteiger partial charge in [-0.2, -0.15) is 0 Å². The zero-order valence-corrected chi connectivity index (χ0v) is 12.1. The normalized spacial score (nSPS) is 21.6. The number of amides is 2. The van der Waals surface area contributed by atoms with E-state index in [0.29, 0.717) is 5.56 Å². The first-order valence-electron chi connectivity index (χ1n) is 6.90. The van der Waals surface area contributed by atoms with Crippen LogP contribution in [0.25, 0.3) is 0 Å². The highest BCUT2D eigenvalue weighted by molar-refractivity contribution is 5.97. The van der Waals surface area contributed by atoms with E-state index in [2.05, 4.69) is 16.0 Å².